The van der Waals surface area contributed by atoms with Crippen LogP contribution in [0.25, 0.3) is 66.8 Å². The third-order valence-electron chi connectivity index (χ3n) is 10.2. The van der Waals surface area contributed by atoms with Crippen molar-refractivity contribution < 1.29 is 11.3 Å². The van der Waals surface area contributed by atoms with Crippen LogP contribution in [0.15, 0.2) is 237 Å². The molecule has 0 aliphatic rings. The van der Waals surface area contributed by atoms with E-state index in [1.54, 1.807) is 0 Å². The van der Waals surface area contributed by atoms with Gasteiger partial charge >= 0.3 is 347 Å². The molecule has 0 spiro atoms. The Morgan fingerprint density at radius 1 is 0.190 bits per heavy atom. The molecule has 0 amide bonds. The quantitative estimate of drug-likeness (QED) is 0.115. The first kappa shape index (κ1) is 36.6. The van der Waals surface area contributed by atoms with Gasteiger partial charge in [0, 0.05) is 0 Å². The van der Waals surface area contributed by atoms with Crippen LogP contribution in [-0.4, -0.2) is 15.4 Å². The zero-order valence-electron chi connectivity index (χ0n) is 31.8. The van der Waals surface area contributed by atoms with Crippen molar-refractivity contribution in [3.8, 4) is 84.0 Å². The molecule has 9 rings (SSSR count). The van der Waals surface area contributed by atoms with Gasteiger partial charge in [0.15, 0.2) is 0 Å². The molecule has 0 radical (unpaired) electrons. The van der Waals surface area contributed by atoms with Gasteiger partial charge in [-0.15, -0.1) is 0 Å². The summed E-state index contributed by atoms with van der Waals surface area (Å²) in [5.74, 6) is 2.17. The van der Waals surface area contributed by atoms with E-state index in [-0.39, 0.29) is 0 Å². The summed E-state index contributed by atoms with van der Waals surface area (Å²) in [6, 6.07) is 81.4. The molecule has 0 fully saturated rings. The van der Waals surface area contributed by atoms with Gasteiger partial charge < -0.3 is 0 Å². The second kappa shape index (κ2) is 17.4. The Morgan fingerprint density at radius 3 is 0.534 bits per heavy atom. The standard InChI is InChI=1S/C54H40GeO3/c1-7-22-40(23-8-1)46-34-19-35-47(41-24-9-2-10-25-41)52(46)56-55(57-53-48(42-26-11-3-12-27-42)36-20-37-49(53)43-28-13-4-14-29-43)58-54-50(44-30-15-5-16-31-44)38-21-39-51(54)45-32-17-6-18-33-45/h1-39,55H. The van der Waals surface area contributed by atoms with Crippen molar-refractivity contribution in [1.82, 2.24) is 0 Å². The predicted octanol–water partition coefficient (Wildman–Crippen LogP) is 13.9. The van der Waals surface area contributed by atoms with Crippen LogP contribution in [0.2, 0.25) is 0 Å². The van der Waals surface area contributed by atoms with E-state index in [2.05, 4.69) is 200 Å². The molecule has 0 aliphatic carbocycles. The molecule has 9 aromatic rings. The Hall–Kier alpha value is -7.08. The van der Waals surface area contributed by atoms with E-state index in [1.165, 1.54) is 0 Å². The Balaban J connectivity index is 1.28. The molecule has 0 aliphatic heterocycles. The molecule has 0 saturated carbocycles. The molecular formula is C54H40GeO3. The molecule has 278 valence electrons. The minimum atomic E-state index is -4.04. The molecule has 0 heterocycles. The average Bonchev–Trinajstić information content (AvgIpc) is 3.31. The van der Waals surface area contributed by atoms with Crippen molar-refractivity contribution in [2.24, 2.45) is 0 Å². The first-order valence-electron chi connectivity index (χ1n) is 19.5. The third kappa shape index (κ3) is 7.94. The van der Waals surface area contributed by atoms with Gasteiger partial charge in [0.25, 0.3) is 0 Å². The van der Waals surface area contributed by atoms with Gasteiger partial charge in [0.1, 0.15) is 0 Å². The third-order valence-corrected chi connectivity index (χ3v) is 12.9. The molecule has 0 bridgehead atoms. The van der Waals surface area contributed by atoms with E-state index in [9.17, 15) is 0 Å². The zero-order valence-corrected chi connectivity index (χ0v) is 34.2. The zero-order chi connectivity index (χ0) is 38.9. The van der Waals surface area contributed by atoms with Crippen molar-refractivity contribution in [1.29, 1.82) is 0 Å². The van der Waals surface area contributed by atoms with Gasteiger partial charge in [-0.05, 0) is 0 Å². The van der Waals surface area contributed by atoms with Gasteiger partial charge in [-0.25, -0.2) is 0 Å². The van der Waals surface area contributed by atoms with Gasteiger partial charge in [-0.2, -0.15) is 0 Å². The molecule has 0 saturated heterocycles. The molecule has 9 aromatic carbocycles. The molecule has 0 atom stereocenters. The topological polar surface area (TPSA) is 27.7 Å². The Labute approximate surface area is 345 Å². The van der Waals surface area contributed by atoms with Crippen molar-refractivity contribution in [3.05, 3.63) is 237 Å². The maximum absolute atomic E-state index is 7.50. The molecule has 3 nitrogen and oxygen atoms in total. The fourth-order valence-electron chi connectivity index (χ4n) is 7.42. The summed E-state index contributed by atoms with van der Waals surface area (Å²) in [6.45, 7) is 0. The average molecular weight is 810 g/mol. The number of para-hydroxylation sites is 3. The van der Waals surface area contributed by atoms with E-state index in [0.29, 0.717) is 0 Å². The van der Waals surface area contributed by atoms with E-state index >= 15 is 0 Å². The summed E-state index contributed by atoms with van der Waals surface area (Å²) in [7, 11) is 0. The maximum atomic E-state index is 7.50. The number of hydrogen-bond acceptors (Lipinski definition) is 3. The van der Waals surface area contributed by atoms with Crippen LogP contribution in [0.4, 0.5) is 0 Å². The second-order valence-electron chi connectivity index (χ2n) is 13.9. The number of rotatable bonds is 12. The molecular weight excluding hydrogens is 769 g/mol. The summed E-state index contributed by atoms with van der Waals surface area (Å²) in [5, 5.41) is 0. The van der Waals surface area contributed by atoms with Crippen LogP contribution in [-0.2, 0) is 0 Å². The van der Waals surface area contributed by atoms with Crippen LogP contribution >= 0.6 is 0 Å². The SMILES string of the molecule is c1ccc(-c2cccc(-c3ccccc3)c2[O][GeH]([O]c2c(-c3ccccc3)cccc2-c2ccccc2)[O]c2c(-c3ccccc3)cccc2-c2ccccc2)cc1. The molecule has 58 heavy (non-hydrogen) atoms. The summed E-state index contributed by atoms with van der Waals surface area (Å²) in [4.78, 5) is 0. The first-order chi connectivity index (χ1) is 28.8. The second-order valence-corrected chi connectivity index (χ2v) is 16.6. The predicted molar refractivity (Wildman–Crippen MR) is 241 cm³/mol. The van der Waals surface area contributed by atoms with Crippen LogP contribution in [0, 0.1) is 0 Å². The monoisotopic (exact) mass is 810 g/mol. The van der Waals surface area contributed by atoms with E-state index in [4.69, 9.17) is 11.3 Å². The Kier molecular flexibility index (Phi) is 11.0. The van der Waals surface area contributed by atoms with Crippen molar-refractivity contribution in [3.63, 3.8) is 0 Å². The van der Waals surface area contributed by atoms with Crippen LogP contribution in [0.5, 0.6) is 17.2 Å². The van der Waals surface area contributed by atoms with Crippen molar-refractivity contribution >= 4 is 15.4 Å². The van der Waals surface area contributed by atoms with Crippen LogP contribution < -0.4 is 11.3 Å². The molecule has 4 heteroatoms. The summed E-state index contributed by atoms with van der Waals surface area (Å²) in [6.07, 6.45) is 0. The molecule has 0 unspecified atom stereocenters. The summed E-state index contributed by atoms with van der Waals surface area (Å²) < 4.78 is 22.5. The summed E-state index contributed by atoms with van der Waals surface area (Å²) in [5.41, 5.74) is 12.0. The minimum absolute atomic E-state index is 0.724. The molecule has 0 N–H and O–H groups in total. The van der Waals surface area contributed by atoms with Gasteiger partial charge in [0.05, 0.1) is 0 Å². The van der Waals surface area contributed by atoms with E-state index in [0.717, 1.165) is 84.0 Å². The fraction of sp³-hybridized carbons (Fsp3) is 0. The first-order valence-corrected chi connectivity index (χ1v) is 22.5. The molecule has 0 aromatic heterocycles. The normalized spacial score (nSPS) is 10.9. The van der Waals surface area contributed by atoms with Crippen LogP contribution in [0.3, 0.4) is 0 Å². The Morgan fingerprint density at radius 2 is 0.362 bits per heavy atom. The van der Waals surface area contributed by atoms with Crippen LogP contribution in [0.1, 0.15) is 0 Å². The van der Waals surface area contributed by atoms with E-state index in [1.807, 2.05) is 36.4 Å². The van der Waals surface area contributed by atoms with Crippen molar-refractivity contribution in [2.75, 3.05) is 0 Å². The number of hydrogen-bond donors (Lipinski definition) is 0. The summed E-state index contributed by atoms with van der Waals surface area (Å²) >= 11 is -4.04. The van der Waals surface area contributed by atoms with E-state index < -0.39 is 15.4 Å². The van der Waals surface area contributed by atoms with Crippen molar-refractivity contribution in [2.45, 2.75) is 0 Å². The van der Waals surface area contributed by atoms with Gasteiger partial charge in [0.2, 0.25) is 0 Å². The van der Waals surface area contributed by atoms with Gasteiger partial charge in [-0.3, -0.25) is 0 Å². The van der Waals surface area contributed by atoms with Gasteiger partial charge in [-0.1, -0.05) is 0 Å². The Bertz CT molecular complexity index is 2250. The fourth-order valence-corrected chi connectivity index (χ4v) is 10.5. The number of benzene rings is 9.